The number of nitrogens with one attached hydrogen (secondary N) is 1. The molecule has 1 aliphatic heterocycles. The summed E-state index contributed by atoms with van der Waals surface area (Å²) in [5.41, 5.74) is 4.10. The summed E-state index contributed by atoms with van der Waals surface area (Å²) in [6.45, 7) is 6.90. The Kier molecular flexibility index (Phi) is 5.63. The summed E-state index contributed by atoms with van der Waals surface area (Å²) in [7, 11) is 0. The van der Waals surface area contributed by atoms with Gasteiger partial charge in [0.25, 0.3) is 5.91 Å². The summed E-state index contributed by atoms with van der Waals surface area (Å²) in [5.74, 6) is 1.26. The third kappa shape index (κ3) is 3.94. The van der Waals surface area contributed by atoms with Crippen molar-refractivity contribution < 1.29 is 9.59 Å². The molecule has 0 unspecified atom stereocenters. The summed E-state index contributed by atoms with van der Waals surface area (Å²) < 4.78 is 2.12. The molecule has 1 N–H and O–H groups in total. The van der Waals surface area contributed by atoms with E-state index in [0.29, 0.717) is 24.5 Å². The van der Waals surface area contributed by atoms with Crippen molar-refractivity contribution >= 4 is 23.1 Å². The van der Waals surface area contributed by atoms with E-state index in [2.05, 4.69) is 26.3 Å². The van der Waals surface area contributed by atoms with Gasteiger partial charge in [-0.15, -0.1) is 0 Å². The van der Waals surface area contributed by atoms with Crippen LogP contribution in [0, 0.1) is 6.92 Å². The van der Waals surface area contributed by atoms with Crippen molar-refractivity contribution in [2.24, 2.45) is 0 Å². The molecule has 0 saturated carbocycles. The summed E-state index contributed by atoms with van der Waals surface area (Å²) in [6, 6.07) is 12.7. The highest BCUT2D eigenvalue weighted by atomic mass is 16.2. The van der Waals surface area contributed by atoms with Crippen LogP contribution in [0.15, 0.2) is 73.7 Å². The number of amides is 2. The number of nitrogens with zero attached hydrogens (tertiary/aromatic N) is 5. The van der Waals surface area contributed by atoms with Crippen molar-refractivity contribution in [2.45, 2.75) is 19.3 Å². The molecule has 0 radical (unpaired) electrons. The minimum absolute atomic E-state index is 0.0541. The van der Waals surface area contributed by atoms with Crippen molar-refractivity contribution in [1.29, 1.82) is 0 Å². The van der Waals surface area contributed by atoms with Crippen LogP contribution in [0.2, 0.25) is 0 Å². The number of imidazole rings is 1. The molecule has 3 aromatic heterocycles. The Hall–Kier alpha value is -4.33. The van der Waals surface area contributed by atoms with E-state index in [1.807, 2.05) is 42.4 Å². The fourth-order valence-corrected chi connectivity index (χ4v) is 4.41. The highest BCUT2D eigenvalue weighted by Gasteiger charge is 2.30. The molecule has 0 bridgehead atoms. The molecule has 1 saturated heterocycles. The standard InChI is InChI=1S/C26H24N6O2/c1-3-23(33)31-13-11-20(16-31)25-30-24(21-15-27-14-17(2)32(21)25)18-7-9-19(10-8-18)26(34)29-22-6-4-5-12-28-22/h3-10,12,14-15,20H,1,11,13,16H2,2H3,(H,28,29,34)/t20-/m1/s1. The molecule has 8 heteroatoms. The SMILES string of the molecule is C=CC(=O)N1CC[C@@H](c2nc(-c3ccc(C(=O)Nc4ccccn4)cc3)c3cncc(C)n23)C1. The van der Waals surface area contributed by atoms with E-state index < -0.39 is 0 Å². The van der Waals surface area contributed by atoms with Gasteiger partial charge in [0.2, 0.25) is 5.91 Å². The van der Waals surface area contributed by atoms with Crippen molar-refractivity contribution in [2.75, 3.05) is 18.4 Å². The van der Waals surface area contributed by atoms with Crippen LogP contribution in [-0.2, 0) is 4.79 Å². The van der Waals surface area contributed by atoms with Crippen LogP contribution >= 0.6 is 0 Å². The number of benzene rings is 1. The number of fused-ring (bicyclic) bond motifs is 1. The third-order valence-corrected chi connectivity index (χ3v) is 6.12. The lowest BCUT2D eigenvalue weighted by atomic mass is 10.1. The molecule has 4 heterocycles. The highest BCUT2D eigenvalue weighted by Crippen LogP contribution is 2.33. The van der Waals surface area contributed by atoms with Crippen LogP contribution in [0.3, 0.4) is 0 Å². The number of pyridine rings is 1. The summed E-state index contributed by atoms with van der Waals surface area (Å²) >= 11 is 0. The fourth-order valence-electron chi connectivity index (χ4n) is 4.41. The van der Waals surface area contributed by atoms with E-state index in [0.717, 1.165) is 34.7 Å². The van der Waals surface area contributed by atoms with Gasteiger partial charge in [-0.2, -0.15) is 0 Å². The fraction of sp³-hybridized carbons (Fsp3) is 0.192. The van der Waals surface area contributed by atoms with Crippen molar-refractivity contribution in [1.82, 2.24) is 24.3 Å². The Morgan fingerprint density at radius 1 is 1.15 bits per heavy atom. The number of anilines is 1. The summed E-state index contributed by atoms with van der Waals surface area (Å²) in [6.07, 6.45) is 7.45. The average molecular weight is 453 g/mol. The highest BCUT2D eigenvalue weighted by molar-refractivity contribution is 6.04. The number of aryl methyl sites for hydroxylation is 1. The van der Waals surface area contributed by atoms with Crippen LogP contribution < -0.4 is 5.32 Å². The van der Waals surface area contributed by atoms with Gasteiger partial charge in [-0.1, -0.05) is 24.8 Å². The van der Waals surface area contributed by atoms with Crippen LogP contribution in [0.1, 0.15) is 34.2 Å². The van der Waals surface area contributed by atoms with Crippen molar-refractivity contribution in [3.63, 3.8) is 0 Å². The molecule has 170 valence electrons. The zero-order valence-electron chi connectivity index (χ0n) is 18.8. The first kappa shape index (κ1) is 21.5. The molecule has 8 nitrogen and oxygen atoms in total. The lowest BCUT2D eigenvalue weighted by Crippen LogP contribution is -2.26. The molecular weight excluding hydrogens is 428 g/mol. The van der Waals surface area contributed by atoms with Gasteiger partial charge < -0.3 is 10.2 Å². The predicted molar refractivity (Wildman–Crippen MR) is 129 cm³/mol. The van der Waals surface area contributed by atoms with E-state index in [4.69, 9.17) is 4.98 Å². The first-order chi connectivity index (χ1) is 16.5. The Morgan fingerprint density at radius 2 is 1.97 bits per heavy atom. The van der Waals surface area contributed by atoms with Gasteiger partial charge in [0, 0.05) is 48.2 Å². The molecule has 0 aliphatic carbocycles. The number of hydrogen-bond acceptors (Lipinski definition) is 5. The first-order valence-electron chi connectivity index (χ1n) is 11.1. The van der Waals surface area contributed by atoms with Gasteiger partial charge in [-0.05, 0) is 43.7 Å². The van der Waals surface area contributed by atoms with E-state index >= 15 is 0 Å². The number of carbonyl (C=O) groups excluding carboxylic acids is 2. The molecule has 1 fully saturated rings. The van der Waals surface area contributed by atoms with Gasteiger partial charge in [-0.3, -0.25) is 19.0 Å². The van der Waals surface area contributed by atoms with E-state index in [-0.39, 0.29) is 17.7 Å². The van der Waals surface area contributed by atoms with E-state index in [1.54, 1.807) is 30.5 Å². The molecule has 1 aliphatic rings. The van der Waals surface area contributed by atoms with Gasteiger partial charge in [0.05, 0.1) is 17.4 Å². The Morgan fingerprint density at radius 3 is 2.71 bits per heavy atom. The minimum atomic E-state index is -0.226. The third-order valence-electron chi connectivity index (χ3n) is 6.12. The summed E-state index contributed by atoms with van der Waals surface area (Å²) in [4.78, 5) is 40.0. The number of rotatable bonds is 5. The lowest BCUT2D eigenvalue weighted by Gasteiger charge is -2.14. The minimum Gasteiger partial charge on any atom is -0.338 e. The van der Waals surface area contributed by atoms with Crippen molar-refractivity contribution in [3.8, 4) is 11.3 Å². The number of aromatic nitrogens is 4. The zero-order chi connectivity index (χ0) is 23.7. The molecule has 0 spiro atoms. The molecule has 4 aromatic rings. The second-order valence-corrected chi connectivity index (χ2v) is 8.31. The van der Waals surface area contributed by atoms with Gasteiger partial charge in [0.1, 0.15) is 11.6 Å². The van der Waals surface area contributed by atoms with Crippen molar-refractivity contribution in [3.05, 3.63) is 90.8 Å². The largest absolute Gasteiger partial charge is 0.338 e. The normalized spacial score (nSPS) is 15.4. The number of hydrogen-bond donors (Lipinski definition) is 1. The maximum atomic E-state index is 12.6. The monoisotopic (exact) mass is 452 g/mol. The van der Waals surface area contributed by atoms with Crippen LogP contribution in [0.4, 0.5) is 5.82 Å². The average Bonchev–Trinajstić information content (AvgIpc) is 3.50. The van der Waals surface area contributed by atoms with Gasteiger partial charge >= 0.3 is 0 Å². The van der Waals surface area contributed by atoms with Gasteiger partial charge in [-0.25, -0.2) is 9.97 Å². The lowest BCUT2D eigenvalue weighted by molar-refractivity contribution is -0.125. The smallest absolute Gasteiger partial charge is 0.256 e. The topological polar surface area (TPSA) is 92.5 Å². The van der Waals surface area contributed by atoms with Crippen LogP contribution in [0.5, 0.6) is 0 Å². The van der Waals surface area contributed by atoms with E-state index in [9.17, 15) is 9.59 Å². The Labute approximate surface area is 197 Å². The molecule has 1 atom stereocenters. The molecule has 2 amide bonds. The van der Waals surface area contributed by atoms with Crippen LogP contribution in [-0.4, -0.2) is 49.2 Å². The van der Waals surface area contributed by atoms with Gasteiger partial charge in [0.15, 0.2) is 0 Å². The molecule has 5 rings (SSSR count). The second-order valence-electron chi connectivity index (χ2n) is 8.31. The first-order valence-corrected chi connectivity index (χ1v) is 11.1. The maximum absolute atomic E-state index is 12.6. The van der Waals surface area contributed by atoms with Crippen LogP contribution in [0.25, 0.3) is 16.8 Å². The zero-order valence-corrected chi connectivity index (χ0v) is 18.8. The summed E-state index contributed by atoms with van der Waals surface area (Å²) in [5, 5.41) is 2.79. The number of carbonyl (C=O) groups is 2. The quantitative estimate of drug-likeness (QED) is 0.464. The molecule has 34 heavy (non-hydrogen) atoms. The number of likely N-dealkylation sites (tertiary alicyclic amines) is 1. The Bertz CT molecular complexity index is 1380. The second kappa shape index (κ2) is 8.90. The maximum Gasteiger partial charge on any atom is 0.256 e. The molecule has 1 aromatic carbocycles. The predicted octanol–water partition coefficient (Wildman–Crippen LogP) is 3.85. The van der Waals surface area contributed by atoms with E-state index in [1.165, 1.54) is 6.08 Å². The molecular formula is C26H24N6O2. The Balaban J connectivity index is 1.46.